The van der Waals surface area contributed by atoms with Gasteiger partial charge in [0, 0.05) is 17.9 Å². The number of halogens is 1. The number of rotatable bonds is 1. The largest absolute Gasteiger partial charge is 0.298 e. The number of imidazole rings is 1. The van der Waals surface area contributed by atoms with Crippen LogP contribution in [0.4, 0.5) is 5.82 Å². The Balaban J connectivity index is 1.41. The van der Waals surface area contributed by atoms with Gasteiger partial charge in [-0.1, -0.05) is 25.0 Å². The molecule has 5 atom stereocenters. The van der Waals surface area contributed by atoms with Crippen molar-refractivity contribution >= 4 is 23.4 Å². The van der Waals surface area contributed by atoms with Crippen LogP contribution in [0, 0.1) is 11.8 Å². The van der Waals surface area contributed by atoms with E-state index in [1.807, 2.05) is 12.4 Å². The van der Waals surface area contributed by atoms with Crippen LogP contribution in [0.3, 0.4) is 0 Å². The molecule has 2 saturated carbocycles. The summed E-state index contributed by atoms with van der Waals surface area (Å²) < 4.78 is 3.98. The third-order valence-electron chi connectivity index (χ3n) is 6.49. The van der Waals surface area contributed by atoms with Crippen molar-refractivity contribution in [2.45, 2.75) is 57.2 Å². The van der Waals surface area contributed by atoms with E-state index < -0.39 is 0 Å². The molecule has 4 heterocycles. The molecule has 2 aliphatic heterocycles. The summed E-state index contributed by atoms with van der Waals surface area (Å²) in [5.41, 5.74) is 4.42. The van der Waals surface area contributed by atoms with Gasteiger partial charge in [0.15, 0.2) is 0 Å². The van der Waals surface area contributed by atoms with Crippen molar-refractivity contribution in [3.63, 3.8) is 0 Å². The van der Waals surface area contributed by atoms with Crippen LogP contribution in [0.5, 0.6) is 0 Å². The molecule has 136 valence electrons. The van der Waals surface area contributed by atoms with Gasteiger partial charge in [-0.25, -0.2) is 4.98 Å². The van der Waals surface area contributed by atoms with Crippen molar-refractivity contribution in [1.82, 2.24) is 30.0 Å². The van der Waals surface area contributed by atoms with Crippen molar-refractivity contribution in [1.29, 1.82) is 0 Å². The summed E-state index contributed by atoms with van der Waals surface area (Å²) in [5.74, 6) is 3.44. The highest BCUT2D eigenvalue weighted by Crippen LogP contribution is 2.47. The highest BCUT2D eigenvalue weighted by atomic mass is 35.5. The third-order valence-corrected chi connectivity index (χ3v) is 6.77. The number of hydrazone groups is 1. The molecule has 2 fully saturated rings. The number of hydrogen-bond acceptors (Lipinski definition) is 6. The molecule has 1 N–H and O–H groups in total. The van der Waals surface area contributed by atoms with Crippen molar-refractivity contribution in [2.24, 2.45) is 16.9 Å². The van der Waals surface area contributed by atoms with Crippen molar-refractivity contribution < 1.29 is 0 Å². The Morgan fingerprint density at radius 2 is 2.12 bits per heavy atom. The quantitative estimate of drug-likeness (QED) is 0.832. The SMILES string of the molecule is CC1CC1c1cn(C2=NNC3C4CCCCC4n4c(cnc4Cl)N23)nn1. The molecule has 0 aromatic carbocycles. The van der Waals surface area contributed by atoms with E-state index in [-0.39, 0.29) is 6.17 Å². The summed E-state index contributed by atoms with van der Waals surface area (Å²) in [6, 6.07) is 0.385. The van der Waals surface area contributed by atoms with Crippen LogP contribution >= 0.6 is 11.6 Å². The van der Waals surface area contributed by atoms with Crippen LogP contribution in [0.15, 0.2) is 17.5 Å². The Morgan fingerprint density at radius 3 is 2.96 bits per heavy atom. The molecule has 8 nitrogen and oxygen atoms in total. The highest BCUT2D eigenvalue weighted by molar-refractivity contribution is 6.28. The number of aromatic nitrogens is 5. The number of hydrogen-bond donors (Lipinski definition) is 1. The Kier molecular flexibility index (Phi) is 3.01. The highest BCUT2D eigenvalue weighted by Gasteiger charge is 2.48. The molecule has 2 aromatic heterocycles. The smallest absolute Gasteiger partial charge is 0.252 e. The van der Waals surface area contributed by atoms with Gasteiger partial charge < -0.3 is 0 Å². The van der Waals surface area contributed by atoms with E-state index in [0.717, 1.165) is 30.3 Å². The molecule has 0 saturated heterocycles. The topological polar surface area (TPSA) is 76.2 Å². The molecule has 2 aliphatic carbocycles. The minimum atomic E-state index is 0.128. The molecule has 9 heteroatoms. The van der Waals surface area contributed by atoms with Crippen molar-refractivity contribution in [2.75, 3.05) is 4.90 Å². The second-order valence-corrected chi connectivity index (χ2v) is 8.37. The summed E-state index contributed by atoms with van der Waals surface area (Å²) in [5, 5.41) is 13.9. The number of nitrogens with one attached hydrogen (secondary N) is 1. The van der Waals surface area contributed by atoms with Gasteiger partial charge in [-0.15, -0.1) is 10.2 Å². The van der Waals surface area contributed by atoms with Gasteiger partial charge in [0.25, 0.3) is 5.96 Å². The Labute approximate surface area is 156 Å². The van der Waals surface area contributed by atoms with Gasteiger partial charge in [0.1, 0.15) is 12.0 Å². The van der Waals surface area contributed by atoms with E-state index in [1.54, 1.807) is 4.68 Å². The lowest BCUT2D eigenvalue weighted by Crippen LogP contribution is -2.54. The van der Waals surface area contributed by atoms with Crippen molar-refractivity contribution in [3.05, 3.63) is 23.4 Å². The lowest BCUT2D eigenvalue weighted by molar-refractivity contribution is 0.176. The standard InChI is InChI=1S/C17H21ClN8/c1-9-6-11(9)12-8-24(23-20-12)17-22-21-15-10-4-2-3-5-13(10)25-14(26(15)17)7-19-16(25)18/h7-11,13,15,21H,2-6H2,1H3. The van der Waals surface area contributed by atoms with Gasteiger partial charge in [-0.3, -0.25) is 14.9 Å². The monoisotopic (exact) mass is 372 g/mol. The fourth-order valence-corrected chi connectivity index (χ4v) is 5.24. The average Bonchev–Trinajstić information content (AvgIpc) is 3.05. The van der Waals surface area contributed by atoms with Gasteiger partial charge in [-0.05, 0) is 36.8 Å². The second kappa shape index (κ2) is 5.22. The molecule has 0 spiro atoms. The summed E-state index contributed by atoms with van der Waals surface area (Å²) in [6.45, 7) is 2.25. The lowest BCUT2D eigenvalue weighted by Gasteiger charge is -2.45. The molecular formula is C17H21ClN8. The third kappa shape index (κ3) is 1.96. The van der Waals surface area contributed by atoms with Crippen LogP contribution in [0.1, 0.15) is 56.7 Å². The van der Waals surface area contributed by atoms with Gasteiger partial charge in [0.05, 0.1) is 18.1 Å². The summed E-state index contributed by atoms with van der Waals surface area (Å²) in [7, 11) is 0. The molecule has 0 amide bonds. The van der Waals surface area contributed by atoms with E-state index in [2.05, 4.69) is 42.2 Å². The predicted octanol–water partition coefficient (Wildman–Crippen LogP) is 2.55. The molecule has 6 rings (SSSR count). The van der Waals surface area contributed by atoms with Crippen LogP contribution < -0.4 is 10.3 Å². The Hall–Kier alpha value is -2.09. The predicted molar refractivity (Wildman–Crippen MR) is 97.0 cm³/mol. The maximum atomic E-state index is 6.46. The van der Waals surface area contributed by atoms with Gasteiger partial charge >= 0.3 is 0 Å². The average molecular weight is 373 g/mol. The number of nitrogens with zero attached hydrogens (tertiary/aromatic N) is 7. The molecule has 5 unspecified atom stereocenters. The Bertz CT molecular complexity index is 900. The van der Waals surface area contributed by atoms with Crippen LogP contribution in [0.2, 0.25) is 5.28 Å². The second-order valence-electron chi connectivity index (χ2n) is 8.03. The normalized spacial score (nSPS) is 34.6. The first kappa shape index (κ1) is 15.0. The summed E-state index contributed by atoms with van der Waals surface area (Å²) in [4.78, 5) is 6.58. The molecule has 0 bridgehead atoms. The summed E-state index contributed by atoms with van der Waals surface area (Å²) in [6.07, 6.45) is 9.99. The molecular weight excluding hydrogens is 352 g/mol. The number of anilines is 1. The van der Waals surface area contributed by atoms with E-state index in [0.29, 0.717) is 29.1 Å². The fourth-order valence-electron chi connectivity index (χ4n) is 4.98. The first-order valence-electron chi connectivity index (χ1n) is 9.50. The van der Waals surface area contributed by atoms with Crippen LogP contribution in [-0.4, -0.2) is 36.7 Å². The zero-order valence-electron chi connectivity index (χ0n) is 14.6. The minimum absolute atomic E-state index is 0.128. The maximum Gasteiger partial charge on any atom is 0.252 e. The van der Waals surface area contributed by atoms with Crippen LogP contribution in [0.25, 0.3) is 0 Å². The number of fused-ring (bicyclic) bond motifs is 6. The van der Waals surface area contributed by atoms with Crippen molar-refractivity contribution in [3.8, 4) is 0 Å². The first-order chi connectivity index (χ1) is 12.7. The van der Waals surface area contributed by atoms with E-state index >= 15 is 0 Å². The van der Waals surface area contributed by atoms with E-state index in [1.165, 1.54) is 19.3 Å². The maximum absolute atomic E-state index is 6.46. The first-order valence-corrected chi connectivity index (χ1v) is 9.88. The molecule has 4 aliphatic rings. The zero-order chi connectivity index (χ0) is 17.4. The van der Waals surface area contributed by atoms with Crippen LogP contribution in [-0.2, 0) is 0 Å². The lowest BCUT2D eigenvalue weighted by atomic mass is 9.80. The van der Waals surface area contributed by atoms with Gasteiger partial charge in [0.2, 0.25) is 5.28 Å². The molecule has 2 aromatic rings. The van der Waals surface area contributed by atoms with E-state index in [9.17, 15) is 0 Å². The zero-order valence-corrected chi connectivity index (χ0v) is 15.3. The Morgan fingerprint density at radius 1 is 1.27 bits per heavy atom. The van der Waals surface area contributed by atoms with E-state index in [4.69, 9.17) is 11.6 Å². The molecule has 0 radical (unpaired) electrons. The molecule has 26 heavy (non-hydrogen) atoms. The minimum Gasteiger partial charge on any atom is -0.298 e. The fraction of sp³-hybridized carbons (Fsp3) is 0.647. The van der Waals surface area contributed by atoms with Gasteiger partial charge in [-0.2, -0.15) is 4.68 Å². The summed E-state index contributed by atoms with van der Waals surface area (Å²) >= 11 is 6.46.